The smallest absolute Gasteiger partial charge is 0.0540 e. The third kappa shape index (κ3) is 1.41. The molecule has 0 amide bonds. The number of nitrogens with zero attached hydrogens (tertiary/aromatic N) is 2. The molecule has 0 spiro atoms. The number of nitrogens with one attached hydrogen (secondary N) is 1. The van der Waals surface area contributed by atoms with Gasteiger partial charge in [-0.15, -0.1) is 0 Å². The first-order chi connectivity index (χ1) is 5.16. The topological polar surface area (TPSA) is 55.9 Å². The highest BCUT2D eigenvalue weighted by Crippen LogP contribution is 2.14. The normalized spacial score (nSPS) is 13.5. The summed E-state index contributed by atoms with van der Waals surface area (Å²) in [5, 5.41) is 4.11. The third-order valence-electron chi connectivity index (χ3n) is 1.99. The Kier molecular flexibility index (Phi) is 2.26. The predicted molar refractivity (Wildman–Crippen MR) is 43.7 cm³/mol. The Morgan fingerprint density at radius 1 is 1.73 bits per heavy atom. The summed E-state index contributed by atoms with van der Waals surface area (Å²) in [5.41, 5.74) is 4.98. The van der Waals surface area contributed by atoms with Crippen LogP contribution in [0.1, 0.15) is 24.2 Å². The lowest BCUT2D eigenvalue weighted by Crippen LogP contribution is -2.25. The molecule has 4 nitrogen and oxygen atoms in total. The van der Waals surface area contributed by atoms with Gasteiger partial charge in [-0.05, 0) is 13.8 Å². The van der Waals surface area contributed by atoms with Crippen LogP contribution >= 0.6 is 0 Å². The molecule has 11 heavy (non-hydrogen) atoms. The fourth-order valence-electron chi connectivity index (χ4n) is 1.03. The van der Waals surface area contributed by atoms with Crippen molar-refractivity contribution in [1.82, 2.24) is 15.2 Å². The van der Waals surface area contributed by atoms with Crippen LogP contribution in [-0.4, -0.2) is 9.78 Å². The van der Waals surface area contributed by atoms with Gasteiger partial charge < -0.3 is 0 Å². The Labute approximate surface area is 66.4 Å². The molecule has 1 heterocycles. The molecule has 0 fully saturated rings. The second-order valence-corrected chi connectivity index (χ2v) is 2.70. The molecule has 1 atom stereocenters. The average molecular weight is 154 g/mol. The van der Waals surface area contributed by atoms with Gasteiger partial charge in [-0.2, -0.15) is 5.10 Å². The molecule has 0 aliphatic rings. The van der Waals surface area contributed by atoms with Crippen LogP contribution < -0.4 is 11.3 Å². The van der Waals surface area contributed by atoms with Crippen molar-refractivity contribution in [1.29, 1.82) is 0 Å². The number of hydrogen-bond acceptors (Lipinski definition) is 3. The zero-order valence-electron chi connectivity index (χ0n) is 7.13. The monoisotopic (exact) mass is 154 g/mol. The van der Waals surface area contributed by atoms with Crippen LogP contribution in [0.2, 0.25) is 0 Å². The number of nitrogens with two attached hydrogens (primary N) is 1. The molecule has 0 saturated heterocycles. The van der Waals surface area contributed by atoms with Gasteiger partial charge in [0.25, 0.3) is 0 Å². The van der Waals surface area contributed by atoms with Gasteiger partial charge in [-0.1, -0.05) is 0 Å². The summed E-state index contributed by atoms with van der Waals surface area (Å²) in [6.07, 6.45) is 1.83. The molecule has 1 unspecified atom stereocenters. The van der Waals surface area contributed by atoms with E-state index < -0.39 is 0 Å². The summed E-state index contributed by atoms with van der Waals surface area (Å²) >= 11 is 0. The standard InChI is InChI=1S/C7H14N4/c1-5(10-8)7-4-9-11(3)6(7)2/h4-5,10H,8H2,1-3H3. The highest BCUT2D eigenvalue weighted by atomic mass is 15.3. The van der Waals surface area contributed by atoms with E-state index in [9.17, 15) is 0 Å². The maximum atomic E-state index is 5.30. The maximum Gasteiger partial charge on any atom is 0.0540 e. The van der Waals surface area contributed by atoms with Gasteiger partial charge in [0.15, 0.2) is 0 Å². The van der Waals surface area contributed by atoms with E-state index in [1.807, 2.05) is 31.8 Å². The lowest BCUT2D eigenvalue weighted by Gasteiger charge is -2.08. The van der Waals surface area contributed by atoms with Gasteiger partial charge in [0.05, 0.1) is 6.20 Å². The van der Waals surface area contributed by atoms with Crippen LogP contribution in [0.4, 0.5) is 0 Å². The van der Waals surface area contributed by atoms with Crippen molar-refractivity contribution in [2.45, 2.75) is 19.9 Å². The minimum absolute atomic E-state index is 0.170. The predicted octanol–water partition coefficient (Wildman–Crippen LogP) is 0.253. The van der Waals surface area contributed by atoms with E-state index in [-0.39, 0.29) is 6.04 Å². The van der Waals surface area contributed by atoms with E-state index in [2.05, 4.69) is 10.5 Å². The summed E-state index contributed by atoms with van der Waals surface area (Å²) in [7, 11) is 1.92. The molecule has 0 saturated carbocycles. The molecular formula is C7H14N4. The van der Waals surface area contributed by atoms with Crippen molar-refractivity contribution in [3.8, 4) is 0 Å². The number of rotatable bonds is 2. The lowest BCUT2D eigenvalue weighted by atomic mass is 10.1. The Morgan fingerprint density at radius 3 is 2.73 bits per heavy atom. The zero-order chi connectivity index (χ0) is 8.43. The Bertz CT molecular complexity index is 241. The first-order valence-electron chi connectivity index (χ1n) is 3.61. The second-order valence-electron chi connectivity index (χ2n) is 2.70. The quantitative estimate of drug-likeness (QED) is 0.474. The minimum Gasteiger partial charge on any atom is -0.273 e. The maximum absolute atomic E-state index is 5.30. The number of aryl methyl sites for hydroxylation is 1. The molecule has 62 valence electrons. The number of hydrazine groups is 1. The summed E-state index contributed by atoms with van der Waals surface area (Å²) in [4.78, 5) is 0. The van der Waals surface area contributed by atoms with Crippen LogP contribution in [-0.2, 0) is 7.05 Å². The van der Waals surface area contributed by atoms with E-state index in [4.69, 9.17) is 5.84 Å². The van der Waals surface area contributed by atoms with Gasteiger partial charge in [0, 0.05) is 24.3 Å². The van der Waals surface area contributed by atoms with Crippen LogP contribution in [0.3, 0.4) is 0 Å². The highest BCUT2D eigenvalue weighted by Gasteiger charge is 2.09. The van der Waals surface area contributed by atoms with Crippen molar-refractivity contribution in [3.05, 3.63) is 17.5 Å². The molecule has 1 aromatic rings. The summed E-state index contributed by atoms with van der Waals surface area (Å²) in [6, 6.07) is 0.170. The molecule has 0 radical (unpaired) electrons. The van der Waals surface area contributed by atoms with E-state index in [0.717, 1.165) is 11.3 Å². The summed E-state index contributed by atoms with van der Waals surface area (Å²) in [5.74, 6) is 5.30. The third-order valence-corrected chi connectivity index (χ3v) is 1.99. The second kappa shape index (κ2) is 3.02. The van der Waals surface area contributed by atoms with Crippen molar-refractivity contribution >= 4 is 0 Å². The average Bonchev–Trinajstić information content (AvgIpc) is 2.32. The van der Waals surface area contributed by atoms with Crippen molar-refractivity contribution in [2.75, 3.05) is 0 Å². The molecular weight excluding hydrogens is 140 g/mol. The highest BCUT2D eigenvalue weighted by molar-refractivity contribution is 5.19. The Morgan fingerprint density at radius 2 is 2.36 bits per heavy atom. The molecule has 4 heteroatoms. The zero-order valence-corrected chi connectivity index (χ0v) is 7.13. The SMILES string of the molecule is Cc1c(C(C)NN)cnn1C. The molecule has 0 aliphatic heterocycles. The van der Waals surface area contributed by atoms with Gasteiger partial charge in [0.1, 0.15) is 0 Å². The number of hydrogen-bond donors (Lipinski definition) is 2. The molecule has 1 aromatic heterocycles. The van der Waals surface area contributed by atoms with Gasteiger partial charge >= 0.3 is 0 Å². The van der Waals surface area contributed by atoms with Gasteiger partial charge in [-0.25, -0.2) is 0 Å². The van der Waals surface area contributed by atoms with Crippen LogP contribution in [0, 0.1) is 6.92 Å². The van der Waals surface area contributed by atoms with Crippen LogP contribution in [0.5, 0.6) is 0 Å². The largest absolute Gasteiger partial charge is 0.273 e. The Balaban J connectivity index is 2.94. The van der Waals surface area contributed by atoms with Crippen LogP contribution in [0.25, 0.3) is 0 Å². The molecule has 0 aromatic carbocycles. The fraction of sp³-hybridized carbons (Fsp3) is 0.571. The first-order valence-corrected chi connectivity index (χ1v) is 3.61. The molecule has 1 rings (SSSR count). The van der Waals surface area contributed by atoms with Crippen molar-refractivity contribution in [2.24, 2.45) is 12.9 Å². The fourth-order valence-corrected chi connectivity index (χ4v) is 1.03. The number of aromatic nitrogens is 2. The van der Waals surface area contributed by atoms with E-state index in [0.29, 0.717) is 0 Å². The van der Waals surface area contributed by atoms with E-state index in [1.165, 1.54) is 0 Å². The molecule has 0 aliphatic carbocycles. The van der Waals surface area contributed by atoms with Crippen molar-refractivity contribution in [3.63, 3.8) is 0 Å². The molecule has 0 bridgehead atoms. The van der Waals surface area contributed by atoms with E-state index in [1.54, 1.807) is 0 Å². The molecule has 3 N–H and O–H groups in total. The van der Waals surface area contributed by atoms with Gasteiger partial charge in [0.2, 0.25) is 0 Å². The van der Waals surface area contributed by atoms with Gasteiger partial charge in [-0.3, -0.25) is 16.0 Å². The summed E-state index contributed by atoms with van der Waals surface area (Å²) < 4.78 is 1.84. The van der Waals surface area contributed by atoms with Crippen LogP contribution in [0.15, 0.2) is 6.20 Å². The van der Waals surface area contributed by atoms with Crippen molar-refractivity contribution < 1.29 is 0 Å². The minimum atomic E-state index is 0.170. The summed E-state index contributed by atoms with van der Waals surface area (Å²) in [6.45, 7) is 4.03. The first kappa shape index (κ1) is 8.23. The van der Waals surface area contributed by atoms with E-state index >= 15 is 0 Å². The lowest BCUT2D eigenvalue weighted by molar-refractivity contribution is 0.597. The Hall–Kier alpha value is -0.870.